The van der Waals surface area contributed by atoms with Crippen LogP contribution in [-0.2, 0) is 9.47 Å². The van der Waals surface area contributed by atoms with Crippen molar-refractivity contribution in [2.75, 3.05) is 39.5 Å². The van der Waals surface area contributed by atoms with Crippen molar-refractivity contribution in [1.82, 2.24) is 4.90 Å². The van der Waals surface area contributed by atoms with E-state index in [-0.39, 0.29) is 12.4 Å². The number of rotatable bonds is 5. The zero-order valence-corrected chi connectivity index (χ0v) is 10.5. The Hall–Kier alpha value is 0.130. The van der Waals surface area contributed by atoms with E-state index in [1.54, 1.807) is 0 Å². The number of hydrogen-bond acceptors (Lipinski definition) is 4. The van der Waals surface area contributed by atoms with E-state index in [0.29, 0.717) is 25.2 Å². The van der Waals surface area contributed by atoms with Gasteiger partial charge in [0.2, 0.25) is 0 Å². The molecule has 0 saturated carbocycles. The Balaban J connectivity index is 0.00000196. The molecule has 0 aliphatic carbocycles. The van der Waals surface area contributed by atoms with E-state index in [1.807, 2.05) is 0 Å². The van der Waals surface area contributed by atoms with Crippen molar-refractivity contribution in [3.05, 3.63) is 0 Å². The molecule has 1 aliphatic heterocycles. The lowest BCUT2D eigenvalue weighted by molar-refractivity contribution is -0.0468. The van der Waals surface area contributed by atoms with Crippen molar-refractivity contribution in [2.24, 2.45) is 5.73 Å². The molecule has 0 aromatic carbocycles. The molecule has 0 spiro atoms. The third-order valence-corrected chi connectivity index (χ3v) is 2.61. The van der Waals surface area contributed by atoms with E-state index in [0.717, 1.165) is 26.4 Å². The summed E-state index contributed by atoms with van der Waals surface area (Å²) >= 11 is 0. The van der Waals surface area contributed by atoms with Gasteiger partial charge in [0.1, 0.15) is 0 Å². The van der Waals surface area contributed by atoms with Crippen molar-refractivity contribution < 1.29 is 9.47 Å². The Morgan fingerprint density at radius 1 is 1.27 bits per heavy atom. The SMILES string of the molecule is CC1COCC(C)N1CCOCCN.Cl. The van der Waals surface area contributed by atoms with E-state index < -0.39 is 0 Å². The molecule has 1 heterocycles. The van der Waals surface area contributed by atoms with Crippen LogP contribution in [0.2, 0.25) is 0 Å². The number of nitrogens with two attached hydrogens (primary N) is 1. The summed E-state index contributed by atoms with van der Waals surface area (Å²) in [5.74, 6) is 0. The maximum Gasteiger partial charge on any atom is 0.0620 e. The molecule has 2 atom stereocenters. The second-order valence-corrected chi connectivity index (χ2v) is 3.87. The van der Waals surface area contributed by atoms with E-state index in [9.17, 15) is 0 Å². The van der Waals surface area contributed by atoms with Crippen molar-refractivity contribution in [1.29, 1.82) is 0 Å². The third-order valence-electron chi connectivity index (χ3n) is 2.61. The van der Waals surface area contributed by atoms with Gasteiger partial charge in [-0.25, -0.2) is 0 Å². The van der Waals surface area contributed by atoms with Crippen molar-refractivity contribution in [2.45, 2.75) is 25.9 Å². The molecule has 5 heteroatoms. The Kier molecular flexibility index (Phi) is 8.37. The third kappa shape index (κ3) is 5.13. The van der Waals surface area contributed by atoms with Gasteiger partial charge in [0.15, 0.2) is 0 Å². The largest absolute Gasteiger partial charge is 0.379 e. The minimum Gasteiger partial charge on any atom is -0.379 e. The summed E-state index contributed by atoms with van der Waals surface area (Å²) in [6.45, 7) is 9.07. The zero-order chi connectivity index (χ0) is 10.4. The van der Waals surface area contributed by atoms with Gasteiger partial charge < -0.3 is 15.2 Å². The van der Waals surface area contributed by atoms with Crippen LogP contribution in [-0.4, -0.2) is 56.5 Å². The average Bonchev–Trinajstić information content (AvgIpc) is 2.16. The maximum atomic E-state index is 5.45. The van der Waals surface area contributed by atoms with E-state index in [1.165, 1.54) is 0 Å². The topological polar surface area (TPSA) is 47.7 Å². The molecule has 1 aliphatic rings. The number of morpholine rings is 1. The van der Waals surface area contributed by atoms with Crippen molar-refractivity contribution in [3.8, 4) is 0 Å². The van der Waals surface area contributed by atoms with E-state index in [4.69, 9.17) is 15.2 Å². The molecule has 0 aromatic heterocycles. The van der Waals surface area contributed by atoms with Gasteiger partial charge in [-0.3, -0.25) is 4.90 Å². The highest BCUT2D eigenvalue weighted by Crippen LogP contribution is 2.11. The monoisotopic (exact) mass is 238 g/mol. The van der Waals surface area contributed by atoms with Gasteiger partial charge >= 0.3 is 0 Å². The Morgan fingerprint density at radius 2 is 1.87 bits per heavy atom. The summed E-state index contributed by atoms with van der Waals surface area (Å²) in [6.07, 6.45) is 0. The molecule has 15 heavy (non-hydrogen) atoms. The second-order valence-electron chi connectivity index (χ2n) is 3.87. The van der Waals surface area contributed by atoms with E-state index >= 15 is 0 Å². The molecule has 1 saturated heterocycles. The summed E-state index contributed by atoms with van der Waals surface area (Å²) in [5, 5.41) is 0. The fourth-order valence-corrected chi connectivity index (χ4v) is 1.83. The molecule has 0 aromatic rings. The number of ether oxygens (including phenoxy) is 2. The minimum absolute atomic E-state index is 0. The van der Waals surface area contributed by atoms with Crippen molar-refractivity contribution in [3.63, 3.8) is 0 Å². The first-order chi connectivity index (χ1) is 6.75. The summed E-state index contributed by atoms with van der Waals surface area (Å²) < 4.78 is 10.8. The quantitative estimate of drug-likeness (QED) is 0.709. The van der Waals surface area contributed by atoms with Gasteiger partial charge in [-0.15, -0.1) is 12.4 Å². The lowest BCUT2D eigenvalue weighted by atomic mass is 10.2. The smallest absolute Gasteiger partial charge is 0.0620 e. The second kappa shape index (κ2) is 8.30. The van der Waals surface area contributed by atoms with Crippen LogP contribution in [0.5, 0.6) is 0 Å². The van der Waals surface area contributed by atoms with Gasteiger partial charge in [0.05, 0.1) is 26.4 Å². The van der Waals surface area contributed by atoms with Crippen molar-refractivity contribution >= 4 is 12.4 Å². The summed E-state index contributed by atoms with van der Waals surface area (Å²) in [4.78, 5) is 2.43. The molecule has 0 bridgehead atoms. The predicted molar refractivity (Wildman–Crippen MR) is 63.6 cm³/mol. The maximum absolute atomic E-state index is 5.45. The molecular formula is C10H23ClN2O2. The lowest BCUT2D eigenvalue weighted by Gasteiger charge is -2.38. The zero-order valence-electron chi connectivity index (χ0n) is 9.65. The molecule has 0 amide bonds. The minimum atomic E-state index is 0. The molecular weight excluding hydrogens is 216 g/mol. The standard InChI is InChI=1S/C10H22N2O2.ClH/c1-9-7-14-8-10(2)12(9)4-6-13-5-3-11;/h9-10H,3-8,11H2,1-2H3;1H. The number of halogens is 1. The molecule has 2 N–H and O–H groups in total. The Morgan fingerprint density at radius 3 is 2.40 bits per heavy atom. The summed E-state index contributed by atoms with van der Waals surface area (Å²) in [5.41, 5.74) is 5.34. The predicted octanol–water partition coefficient (Wildman–Crippen LogP) is 0.493. The summed E-state index contributed by atoms with van der Waals surface area (Å²) in [7, 11) is 0. The number of nitrogens with zero attached hydrogens (tertiary/aromatic N) is 1. The molecule has 4 nitrogen and oxygen atoms in total. The molecule has 2 unspecified atom stereocenters. The van der Waals surface area contributed by atoms with Crippen LogP contribution in [0.4, 0.5) is 0 Å². The molecule has 0 radical (unpaired) electrons. The fourth-order valence-electron chi connectivity index (χ4n) is 1.83. The van der Waals surface area contributed by atoms with Gasteiger partial charge in [-0.05, 0) is 13.8 Å². The first-order valence-corrected chi connectivity index (χ1v) is 5.37. The van der Waals surface area contributed by atoms with Crippen LogP contribution in [0.25, 0.3) is 0 Å². The molecule has 1 fully saturated rings. The lowest BCUT2D eigenvalue weighted by Crippen LogP contribution is -2.50. The van der Waals surface area contributed by atoms with Gasteiger partial charge in [-0.2, -0.15) is 0 Å². The molecule has 1 rings (SSSR count). The first kappa shape index (κ1) is 15.1. The highest BCUT2D eigenvalue weighted by Gasteiger charge is 2.24. The Bertz CT molecular complexity index is 150. The van der Waals surface area contributed by atoms with Crippen LogP contribution >= 0.6 is 12.4 Å². The summed E-state index contributed by atoms with van der Waals surface area (Å²) in [6, 6.07) is 1.00. The number of hydrogen-bond donors (Lipinski definition) is 1. The van der Waals surface area contributed by atoms with Crippen LogP contribution in [0, 0.1) is 0 Å². The fraction of sp³-hybridized carbons (Fsp3) is 1.00. The highest BCUT2D eigenvalue weighted by molar-refractivity contribution is 5.85. The average molecular weight is 239 g/mol. The van der Waals surface area contributed by atoms with Gasteiger partial charge in [-0.1, -0.05) is 0 Å². The van der Waals surface area contributed by atoms with Crippen LogP contribution in [0.1, 0.15) is 13.8 Å². The highest BCUT2D eigenvalue weighted by atomic mass is 35.5. The Labute approximate surface area is 98.5 Å². The van der Waals surface area contributed by atoms with Crippen LogP contribution in [0.3, 0.4) is 0 Å². The normalized spacial score (nSPS) is 27.4. The van der Waals surface area contributed by atoms with Crippen LogP contribution in [0.15, 0.2) is 0 Å². The van der Waals surface area contributed by atoms with E-state index in [2.05, 4.69) is 18.7 Å². The van der Waals surface area contributed by atoms with Crippen LogP contribution < -0.4 is 5.73 Å². The van der Waals surface area contributed by atoms with Gasteiger partial charge in [0, 0.05) is 25.2 Å². The molecule has 92 valence electrons. The van der Waals surface area contributed by atoms with Gasteiger partial charge in [0.25, 0.3) is 0 Å². The first-order valence-electron chi connectivity index (χ1n) is 5.37.